The van der Waals surface area contributed by atoms with Crippen molar-refractivity contribution < 1.29 is 4.79 Å². The molecule has 1 aromatic carbocycles. The van der Waals surface area contributed by atoms with Gasteiger partial charge in [-0.1, -0.05) is 37.6 Å². The van der Waals surface area contributed by atoms with E-state index in [1.165, 1.54) is 51.6 Å². The summed E-state index contributed by atoms with van der Waals surface area (Å²) in [5, 5.41) is 4.36. The Kier molecular flexibility index (Phi) is 10.3. The van der Waals surface area contributed by atoms with Crippen LogP contribution in [-0.2, 0) is 19.4 Å². The van der Waals surface area contributed by atoms with Crippen LogP contribution in [0.4, 0.5) is 0 Å². The number of hydrogen-bond donors (Lipinski definition) is 3. The van der Waals surface area contributed by atoms with Crippen LogP contribution >= 0.6 is 11.6 Å². The fraction of sp³-hybridized carbons (Fsp3) is 0.552. The molecule has 0 amide bonds. The van der Waals surface area contributed by atoms with Crippen molar-refractivity contribution in [3.05, 3.63) is 70.8 Å². The van der Waals surface area contributed by atoms with Crippen molar-refractivity contribution in [1.29, 1.82) is 0 Å². The Hall–Kier alpha value is -2.48. The minimum Gasteiger partial charge on any atom is -0.349 e. The van der Waals surface area contributed by atoms with Crippen molar-refractivity contribution in [1.82, 2.24) is 30.2 Å². The molecule has 0 bridgehead atoms. The van der Waals surface area contributed by atoms with Crippen LogP contribution in [0.1, 0.15) is 79.9 Å². The SMILES string of the molecule is CCCN(CCC)C1CCC(NCc2ccc(C(=O)C(Cc3ncc[nH]3)Cc3ncc[nH]3)cc2Cl)CC1. The summed E-state index contributed by atoms with van der Waals surface area (Å²) in [5.41, 5.74) is 1.66. The monoisotopic (exact) mass is 524 g/mol. The molecule has 1 aliphatic carbocycles. The fourth-order valence-corrected chi connectivity index (χ4v) is 5.82. The zero-order valence-electron chi connectivity index (χ0n) is 22.2. The molecule has 0 unspecified atom stereocenters. The largest absolute Gasteiger partial charge is 0.349 e. The fourth-order valence-electron chi connectivity index (χ4n) is 5.57. The van der Waals surface area contributed by atoms with E-state index in [4.69, 9.17) is 11.6 Å². The molecule has 2 aromatic heterocycles. The Morgan fingerprint density at radius 1 is 1.03 bits per heavy atom. The van der Waals surface area contributed by atoms with E-state index >= 15 is 0 Å². The third kappa shape index (κ3) is 7.76. The van der Waals surface area contributed by atoms with Crippen LogP contribution in [0.25, 0.3) is 0 Å². The molecule has 7 nitrogen and oxygen atoms in total. The number of nitrogens with zero attached hydrogens (tertiary/aromatic N) is 3. The maximum atomic E-state index is 13.5. The summed E-state index contributed by atoms with van der Waals surface area (Å²) in [7, 11) is 0. The van der Waals surface area contributed by atoms with Crippen molar-refractivity contribution in [2.24, 2.45) is 5.92 Å². The van der Waals surface area contributed by atoms with Gasteiger partial charge in [-0.05, 0) is 63.2 Å². The second-order valence-electron chi connectivity index (χ2n) is 10.3. The standard InChI is InChI=1S/C29H41ClN6O/c1-3-15-36(16-4-2)25-9-7-24(8-10-25)35-20-22-6-5-21(17-26(22)30)29(37)23(18-27-31-11-12-32-27)19-28-33-13-14-34-28/h5-6,11-14,17,23-25,35H,3-4,7-10,15-16,18-20H2,1-2H3,(H,31,32)(H,33,34). The maximum absolute atomic E-state index is 13.5. The number of nitrogens with one attached hydrogen (secondary N) is 3. The highest BCUT2D eigenvalue weighted by Crippen LogP contribution is 2.26. The second kappa shape index (κ2) is 13.9. The predicted molar refractivity (Wildman–Crippen MR) is 149 cm³/mol. The predicted octanol–water partition coefficient (Wildman–Crippen LogP) is 5.59. The van der Waals surface area contributed by atoms with Crippen molar-refractivity contribution >= 4 is 17.4 Å². The smallest absolute Gasteiger partial charge is 0.166 e. The van der Waals surface area contributed by atoms with Gasteiger partial charge in [0.05, 0.1) is 0 Å². The third-order valence-electron chi connectivity index (χ3n) is 7.51. The summed E-state index contributed by atoms with van der Waals surface area (Å²) >= 11 is 6.68. The number of hydrogen-bond acceptors (Lipinski definition) is 5. The molecular formula is C29H41ClN6O. The highest BCUT2D eigenvalue weighted by atomic mass is 35.5. The molecule has 1 saturated carbocycles. The van der Waals surface area contributed by atoms with Gasteiger partial charge in [-0.15, -0.1) is 0 Å². The van der Waals surface area contributed by atoms with Crippen molar-refractivity contribution in [2.75, 3.05) is 13.1 Å². The van der Waals surface area contributed by atoms with E-state index in [1.807, 2.05) is 18.2 Å². The van der Waals surface area contributed by atoms with E-state index in [2.05, 4.69) is 44.0 Å². The minimum atomic E-state index is -0.285. The van der Waals surface area contributed by atoms with Gasteiger partial charge in [0.15, 0.2) is 5.78 Å². The first-order valence-corrected chi connectivity index (χ1v) is 14.2. The van der Waals surface area contributed by atoms with E-state index in [0.29, 0.717) is 29.5 Å². The number of H-pyrrole nitrogens is 2. The number of aromatic amines is 2. The number of halogens is 1. The van der Waals surface area contributed by atoms with Gasteiger partial charge in [-0.2, -0.15) is 0 Å². The zero-order valence-corrected chi connectivity index (χ0v) is 22.9. The van der Waals surface area contributed by atoms with Gasteiger partial charge in [0.25, 0.3) is 0 Å². The molecule has 0 saturated heterocycles. The number of ketones is 1. The second-order valence-corrected chi connectivity index (χ2v) is 10.7. The van der Waals surface area contributed by atoms with E-state index in [1.54, 1.807) is 24.8 Å². The summed E-state index contributed by atoms with van der Waals surface area (Å²) < 4.78 is 0. The summed E-state index contributed by atoms with van der Waals surface area (Å²) in [4.78, 5) is 31.0. The van der Waals surface area contributed by atoms with Crippen LogP contribution in [0.3, 0.4) is 0 Å². The van der Waals surface area contributed by atoms with Crippen LogP contribution in [-0.4, -0.2) is 55.8 Å². The number of rotatable bonds is 14. The first-order chi connectivity index (χ1) is 18.1. The summed E-state index contributed by atoms with van der Waals surface area (Å²) in [6.45, 7) is 7.69. The normalized spacial score (nSPS) is 18.1. The van der Waals surface area contributed by atoms with Crippen molar-refractivity contribution in [3.8, 4) is 0 Å². The molecule has 0 spiro atoms. The topological polar surface area (TPSA) is 89.7 Å². The van der Waals surface area contributed by atoms with Crippen LogP contribution in [0.5, 0.6) is 0 Å². The first kappa shape index (κ1) is 27.6. The Morgan fingerprint density at radius 3 is 2.16 bits per heavy atom. The Morgan fingerprint density at radius 2 is 1.65 bits per heavy atom. The lowest BCUT2D eigenvalue weighted by Crippen LogP contribution is -2.43. The molecule has 1 aliphatic rings. The van der Waals surface area contributed by atoms with Crippen LogP contribution in [0.2, 0.25) is 5.02 Å². The van der Waals surface area contributed by atoms with Gasteiger partial charge in [-0.3, -0.25) is 4.79 Å². The van der Waals surface area contributed by atoms with Crippen molar-refractivity contribution in [3.63, 3.8) is 0 Å². The molecule has 200 valence electrons. The summed E-state index contributed by atoms with van der Waals surface area (Å²) in [5.74, 6) is 1.35. The van der Waals surface area contributed by atoms with Gasteiger partial charge >= 0.3 is 0 Å². The van der Waals surface area contributed by atoms with E-state index in [9.17, 15) is 4.79 Å². The molecule has 3 aromatic rings. The maximum Gasteiger partial charge on any atom is 0.166 e. The van der Waals surface area contributed by atoms with E-state index in [-0.39, 0.29) is 11.7 Å². The van der Waals surface area contributed by atoms with E-state index in [0.717, 1.165) is 29.8 Å². The number of benzene rings is 1. The lowest BCUT2D eigenvalue weighted by molar-refractivity contribution is 0.0915. The lowest BCUT2D eigenvalue weighted by atomic mass is 9.89. The Balaban J connectivity index is 1.33. The summed E-state index contributed by atoms with van der Waals surface area (Å²) in [6, 6.07) is 6.97. The Bertz CT molecular complexity index is 1030. The molecule has 2 heterocycles. The van der Waals surface area contributed by atoms with Gasteiger partial charge in [0.2, 0.25) is 0 Å². The number of imidazole rings is 2. The Labute approximate surface area is 225 Å². The van der Waals surface area contributed by atoms with Gasteiger partial charge in [0, 0.05) is 72.8 Å². The van der Waals surface area contributed by atoms with Crippen molar-refractivity contribution in [2.45, 2.75) is 83.8 Å². The quantitative estimate of drug-likeness (QED) is 0.239. The third-order valence-corrected chi connectivity index (χ3v) is 7.87. The highest BCUT2D eigenvalue weighted by molar-refractivity contribution is 6.31. The minimum absolute atomic E-state index is 0.0521. The van der Waals surface area contributed by atoms with Crippen LogP contribution < -0.4 is 5.32 Å². The van der Waals surface area contributed by atoms with E-state index < -0.39 is 0 Å². The highest BCUT2D eigenvalue weighted by Gasteiger charge is 2.26. The number of aromatic nitrogens is 4. The van der Waals surface area contributed by atoms with Gasteiger partial charge in [-0.25, -0.2) is 9.97 Å². The van der Waals surface area contributed by atoms with Crippen LogP contribution in [0, 0.1) is 5.92 Å². The zero-order chi connectivity index (χ0) is 26.0. The molecule has 8 heteroatoms. The average molecular weight is 525 g/mol. The van der Waals surface area contributed by atoms with Gasteiger partial charge < -0.3 is 20.2 Å². The molecule has 37 heavy (non-hydrogen) atoms. The molecule has 3 N–H and O–H groups in total. The lowest BCUT2D eigenvalue weighted by Gasteiger charge is -2.37. The number of carbonyl (C=O) groups excluding carboxylic acids is 1. The molecule has 4 rings (SSSR count). The molecular weight excluding hydrogens is 484 g/mol. The molecule has 1 fully saturated rings. The molecule has 0 radical (unpaired) electrons. The first-order valence-electron chi connectivity index (χ1n) is 13.8. The molecule has 0 aliphatic heterocycles. The number of carbonyl (C=O) groups is 1. The van der Waals surface area contributed by atoms with Crippen LogP contribution in [0.15, 0.2) is 43.0 Å². The van der Waals surface area contributed by atoms with Gasteiger partial charge in [0.1, 0.15) is 11.6 Å². The molecule has 0 atom stereocenters. The average Bonchev–Trinajstić information content (AvgIpc) is 3.62. The summed E-state index contributed by atoms with van der Waals surface area (Å²) in [6.07, 6.45) is 15.4. The number of Topliss-reactive ketones (excluding diaryl/α,β-unsaturated/α-hetero) is 1.